The second kappa shape index (κ2) is 8.88. The number of ether oxygens (including phenoxy) is 2. The fourth-order valence-electron chi connectivity index (χ4n) is 3.30. The predicted octanol–water partition coefficient (Wildman–Crippen LogP) is 2.70. The van der Waals surface area contributed by atoms with E-state index in [2.05, 4.69) is 11.4 Å². The zero-order valence-corrected chi connectivity index (χ0v) is 16.4. The summed E-state index contributed by atoms with van der Waals surface area (Å²) < 4.78 is 10.9. The molecule has 1 aliphatic carbocycles. The van der Waals surface area contributed by atoms with Crippen LogP contribution in [-0.2, 0) is 16.0 Å². The second-order valence-electron chi connectivity index (χ2n) is 7.05. The molecule has 142 valence electrons. The van der Waals surface area contributed by atoms with Gasteiger partial charge in [-0.05, 0) is 37.5 Å². The maximum Gasteiger partial charge on any atom is 0.240 e. The lowest BCUT2D eigenvalue weighted by Crippen LogP contribution is -2.75. The van der Waals surface area contributed by atoms with Crippen LogP contribution in [0.3, 0.4) is 0 Å². The minimum Gasteiger partial charge on any atom is -0.497 e. The molecule has 25 heavy (non-hydrogen) atoms. The molecule has 5 nitrogen and oxygen atoms in total. The van der Waals surface area contributed by atoms with Crippen LogP contribution in [0.25, 0.3) is 0 Å². The molecule has 1 amide bonds. The minimum atomic E-state index is -0.844. The number of amides is 1. The quantitative estimate of drug-likeness (QED) is 0.690. The van der Waals surface area contributed by atoms with Crippen LogP contribution in [0.5, 0.6) is 5.75 Å². The number of halogens is 1. The third kappa shape index (κ3) is 4.46. The van der Waals surface area contributed by atoms with Crippen LogP contribution < -0.4 is 15.8 Å². The monoisotopic (exact) mass is 370 g/mol. The van der Waals surface area contributed by atoms with E-state index in [0.29, 0.717) is 19.6 Å². The molecule has 2 rings (SSSR count). The minimum absolute atomic E-state index is 0. The lowest BCUT2D eigenvalue weighted by Gasteiger charge is -2.57. The highest BCUT2D eigenvalue weighted by Gasteiger charge is 2.62. The van der Waals surface area contributed by atoms with Crippen LogP contribution in [-0.4, -0.2) is 37.8 Å². The van der Waals surface area contributed by atoms with Crippen molar-refractivity contribution in [3.05, 3.63) is 29.8 Å². The van der Waals surface area contributed by atoms with E-state index < -0.39 is 5.54 Å². The van der Waals surface area contributed by atoms with Gasteiger partial charge in [-0.25, -0.2) is 0 Å². The van der Waals surface area contributed by atoms with Gasteiger partial charge in [-0.3, -0.25) is 4.79 Å². The van der Waals surface area contributed by atoms with Gasteiger partial charge in [0.05, 0.1) is 13.2 Å². The van der Waals surface area contributed by atoms with E-state index in [1.807, 2.05) is 39.0 Å². The fourth-order valence-corrected chi connectivity index (χ4v) is 3.30. The Balaban J connectivity index is 0.00000312. The number of carbonyl (C=O) groups is 1. The van der Waals surface area contributed by atoms with E-state index in [0.717, 1.165) is 18.6 Å². The average Bonchev–Trinajstić information content (AvgIpc) is 2.58. The van der Waals surface area contributed by atoms with Gasteiger partial charge in [0, 0.05) is 25.0 Å². The number of aryl methyl sites for hydroxylation is 1. The first-order valence-electron chi connectivity index (χ1n) is 8.67. The Kier molecular flexibility index (Phi) is 7.72. The Morgan fingerprint density at radius 3 is 2.72 bits per heavy atom. The number of methoxy groups -OCH3 is 1. The maximum atomic E-state index is 12.5. The molecule has 0 bridgehead atoms. The van der Waals surface area contributed by atoms with E-state index >= 15 is 0 Å². The van der Waals surface area contributed by atoms with Crippen LogP contribution in [0.2, 0.25) is 0 Å². The molecule has 0 spiro atoms. The number of rotatable bonds is 8. The second-order valence-corrected chi connectivity index (χ2v) is 7.05. The summed E-state index contributed by atoms with van der Waals surface area (Å²) in [5.41, 5.74) is 6.38. The van der Waals surface area contributed by atoms with Crippen molar-refractivity contribution < 1.29 is 14.3 Å². The Hall–Kier alpha value is -1.30. The van der Waals surface area contributed by atoms with Crippen LogP contribution >= 0.6 is 12.4 Å². The van der Waals surface area contributed by atoms with Crippen molar-refractivity contribution in [1.82, 2.24) is 5.32 Å². The molecule has 0 saturated heterocycles. The molecule has 1 fully saturated rings. The Labute approximate surface area is 157 Å². The van der Waals surface area contributed by atoms with Gasteiger partial charge in [-0.1, -0.05) is 26.0 Å². The molecule has 2 atom stereocenters. The first-order valence-corrected chi connectivity index (χ1v) is 8.67. The number of nitrogens with one attached hydrogen (secondary N) is 1. The SMILES string of the molecule is CCOC1CC(N)(C(=O)NCCCc2cccc(OC)c2)C1(C)C.Cl. The molecule has 0 aliphatic heterocycles. The third-order valence-corrected chi connectivity index (χ3v) is 5.30. The molecule has 0 radical (unpaired) electrons. The largest absolute Gasteiger partial charge is 0.497 e. The topological polar surface area (TPSA) is 73.6 Å². The molecule has 0 heterocycles. The molecule has 1 aromatic carbocycles. The molecular weight excluding hydrogens is 340 g/mol. The van der Waals surface area contributed by atoms with Crippen molar-refractivity contribution in [2.45, 2.75) is 51.7 Å². The number of benzene rings is 1. The van der Waals surface area contributed by atoms with E-state index in [-0.39, 0.29) is 29.8 Å². The highest BCUT2D eigenvalue weighted by atomic mass is 35.5. The highest BCUT2D eigenvalue weighted by molar-refractivity contribution is 5.88. The number of hydrogen-bond acceptors (Lipinski definition) is 4. The lowest BCUT2D eigenvalue weighted by molar-refractivity contribution is -0.170. The molecular formula is C19H31ClN2O3. The number of carbonyl (C=O) groups excluding carboxylic acids is 1. The third-order valence-electron chi connectivity index (χ3n) is 5.30. The van der Waals surface area contributed by atoms with E-state index in [9.17, 15) is 4.79 Å². The van der Waals surface area contributed by atoms with Crippen molar-refractivity contribution in [3.63, 3.8) is 0 Å². The summed E-state index contributed by atoms with van der Waals surface area (Å²) in [6, 6.07) is 7.99. The van der Waals surface area contributed by atoms with Crippen molar-refractivity contribution in [2.24, 2.45) is 11.1 Å². The van der Waals surface area contributed by atoms with Gasteiger partial charge in [0.1, 0.15) is 11.3 Å². The zero-order chi connectivity index (χ0) is 17.8. The number of hydrogen-bond donors (Lipinski definition) is 2. The Bertz CT molecular complexity index is 580. The van der Waals surface area contributed by atoms with Gasteiger partial charge >= 0.3 is 0 Å². The van der Waals surface area contributed by atoms with Gasteiger partial charge in [-0.2, -0.15) is 0 Å². The van der Waals surface area contributed by atoms with Crippen molar-refractivity contribution in [3.8, 4) is 5.75 Å². The predicted molar refractivity (Wildman–Crippen MR) is 102 cm³/mol. The van der Waals surface area contributed by atoms with E-state index in [1.165, 1.54) is 5.56 Å². The summed E-state index contributed by atoms with van der Waals surface area (Å²) in [7, 11) is 1.66. The van der Waals surface area contributed by atoms with Crippen LogP contribution in [0.15, 0.2) is 24.3 Å². The normalized spacial score (nSPS) is 24.0. The first kappa shape index (κ1) is 21.7. The zero-order valence-electron chi connectivity index (χ0n) is 15.6. The Morgan fingerprint density at radius 2 is 2.12 bits per heavy atom. The summed E-state index contributed by atoms with van der Waals surface area (Å²) >= 11 is 0. The van der Waals surface area contributed by atoms with Gasteiger partial charge in [0.15, 0.2) is 0 Å². The highest BCUT2D eigenvalue weighted by Crippen LogP contribution is 2.49. The van der Waals surface area contributed by atoms with Gasteiger partial charge < -0.3 is 20.5 Å². The average molecular weight is 371 g/mol. The van der Waals surface area contributed by atoms with E-state index in [4.69, 9.17) is 15.2 Å². The molecule has 1 aliphatic rings. The molecule has 2 unspecified atom stereocenters. The van der Waals surface area contributed by atoms with Crippen molar-refractivity contribution in [1.29, 1.82) is 0 Å². The van der Waals surface area contributed by atoms with Crippen LogP contribution in [0.4, 0.5) is 0 Å². The summed E-state index contributed by atoms with van der Waals surface area (Å²) in [6.45, 7) is 7.24. The Morgan fingerprint density at radius 1 is 1.40 bits per heavy atom. The van der Waals surface area contributed by atoms with Gasteiger partial charge in [-0.15, -0.1) is 12.4 Å². The van der Waals surface area contributed by atoms with Crippen molar-refractivity contribution in [2.75, 3.05) is 20.3 Å². The molecule has 1 saturated carbocycles. The summed E-state index contributed by atoms with van der Waals surface area (Å²) in [5.74, 6) is 0.782. The smallest absolute Gasteiger partial charge is 0.240 e. The molecule has 0 aromatic heterocycles. The van der Waals surface area contributed by atoms with Crippen LogP contribution in [0.1, 0.15) is 39.2 Å². The summed E-state index contributed by atoms with van der Waals surface area (Å²) in [5, 5.41) is 2.99. The maximum absolute atomic E-state index is 12.5. The van der Waals surface area contributed by atoms with Gasteiger partial charge in [0.25, 0.3) is 0 Å². The molecule has 1 aromatic rings. The summed E-state index contributed by atoms with van der Waals surface area (Å²) in [4.78, 5) is 12.5. The van der Waals surface area contributed by atoms with Crippen molar-refractivity contribution >= 4 is 18.3 Å². The van der Waals surface area contributed by atoms with Gasteiger partial charge in [0.2, 0.25) is 5.91 Å². The lowest BCUT2D eigenvalue weighted by atomic mass is 9.54. The molecule has 3 N–H and O–H groups in total. The first-order chi connectivity index (χ1) is 11.3. The summed E-state index contributed by atoms with van der Waals surface area (Å²) in [6.07, 6.45) is 2.38. The molecule has 6 heteroatoms. The number of nitrogens with two attached hydrogens (primary N) is 1. The fraction of sp³-hybridized carbons (Fsp3) is 0.632. The standard InChI is InChI=1S/C19H30N2O3.ClH/c1-5-24-16-13-19(20,18(16,2)3)17(22)21-11-7-9-14-8-6-10-15(12-14)23-4;/h6,8,10,12,16H,5,7,9,11,13,20H2,1-4H3,(H,21,22);1H. The van der Waals surface area contributed by atoms with Crippen LogP contribution in [0, 0.1) is 5.41 Å². The van der Waals surface area contributed by atoms with E-state index in [1.54, 1.807) is 7.11 Å².